The number of nitrogens with zero attached hydrogens (tertiary/aromatic N) is 2. The smallest absolute Gasteiger partial charge is 0.416 e. The van der Waals surface area contributed by atoms with Crippen LogP contribution in [0.3, 0.4) is 0 Å². The summed E-state index contributed by atoms with van der Waals surface area (Å²) in [5, 5.41) is 14.6. The van der Waals surface area contributed by atoms with Crippen molar-refractivity contribution in [2.75, 3.05) is 6.61 Å². The highest BCUT2D eigenvalue weighted by Crippen LogP contribution is 2.32. The second-order valence-corrected chi connectivity index (χ2v) is 6.09. The first-order valence-corrected chi connectivity index (χ1v) is 8.69. The number of hydrogen-bond donors (Lipinski definition) is 1. The molecular weight excluding hydrogens is 419 g/mol. The van der Waals surface area contributed by atoms with Gasteiger partial charge in [0.15, 0.2) is 12.4 Å². The summed E-state index contributed by atoms with van der Waals surface area (Å²) in [6.45, 7) is -0.518. The highest BCUT2D eigenvalue weighted by atomic mass is 19.4. The van der Waals surface area contributed by atoms with Crippen molar-refractivity contribution in [1.82, 2.24) is 5.43 Å². The summed E-state index contributed by atoms with van der Waals surface area (Å²) in [6.07, 6.45) is -3.32. The van der Waals surface area contributed by atoms with Crippen LogP contribution in [0.2, 0.25) is 0 Å². The maximum Gasteiger partial charge on any atom is 0.416 e. The molecule has 0 bridgehead atoms. The summed E-state index contributed by atoms with van der Waals surface area (Å²) in [5.74, 6) is -0.367. The molecule has 1 heterocycles. The summed E-state index contributed by atoms with van der Waals surface area (Å²) >= 11 is 0. The second-order valence-electron chi connectivity index (χ2n) is 6.09. The Morgan fingerprint density at radius 2 is 1.94 bits per heavy atom. The largest absolute Gasteiger partial charge is 0.477 e. The van der Waals surface area contributed by atoms with Gasteiger partial charge in [-0.25, -0.2) is 5.43 Å². The van der Waals surface area contributed by atoms with Gasteiger partial charge in [0, 0.05) is 11.6 Å². The zero-order chi connectivity index (χ0) is 22.4. The molecule has 1 aromatic heterocycles. The number of nitro groups is 1. The number of furan rings is 1. The average Bonchev–Trinajstić information content (AvgIpc) is 3.21. The van der Waals surface area contributed by atoms with E-state index in [0.29, 0.717) is 0 Å². The topological polar surface area (TPSA) is 107 Å². The number of amides is 1. The lowest BCUT2D eigenvalue weighted by Gasteiger charge is -2.07. The van der Waals surface area contributed by atoms with Crippen LogP contribution in [0, 0.1) is 10.1 Å². The van der Waals surface area contributed by atoms with Gasteiger partial charge in [-0.2, -0.15) is 18.3 Å². The summed E-state index contributed by atoms with van der Waals surface area (Å²) < 4.78 is 49.0. The molecule has 0 fully saturated rings. The van der Waals surface area contributed by atoms with E-state index in [4.69, 9.17) is 9.15 Å². The van der Waals surface area contributed by atoms with E-state index in [-0.39, 0.29) is 28.5 Å². The predicted molar refractivity (Wildman–Crippen MR) is 103 cm³/mol. The maximum absolute atomic E-state index is 12.8. The van der Waals surface area contributed by atoms with Crippen LogP contribution in [0.15, 0.2) is 70.2 Å². The molecular formula is C20H14F3N3O5. The number of benzene rings is 2. The normalized spacial score (nSPS) is 11.5. The van der Waals surface area contributed by atoms with Gasteiger partial charge in [0.2, 0.25) is 0 Å². The SMILES string of the molecule is O=C(COc1ccccc1[N+](=O)[O-])N/N=C\c1ccc(-c2cccc(C(F)(F)F)c2)o1. The minimum absolute atomic E-state index is 0.0663. The Bertz CT molecular complexity index is 1120. The van der Waals surface area contributed by atoms with Crippen LogP contribution in [-0.4, -0.2) is 23.7 Å². The average molecular weight is 433 g/mol. The van der Waals surface area contributed by atoms with E-state index in [1.54, 1.807) is 0 Å². The van der Waals surface area contributed by atoms with Crippen molar-refractivity contribution >= 4 is 17.8 Å². The lowest BCUT2D eigenvalue weighted by atomic mass is 10.1. The molecule has 3 rings (SSSR count). The molecule has 0 saturated carbocycles. The molecule has 0 aliphatic heterocycles. The molecule has 0 aliphatic rings. The zero-order valence-corrected chi connectivity index (χ0v) is 15.6. The van der Waals surface area contributed by atoms with Crippen LogP contribution in [-0.2, 0) is 11.0 Å². The molecule has 0 radical (unpaired) electrons. The van der Waals surface area contributed by atoms with Crippen LogP contribution in [0.1, 0.15) is 11.3 Å². The first-order valence-electron chi connectivity index (χ1n) is 8.69. The fourth-order valence-corrected chi connectivity index (χ4v) is 2.50. The van der Waals surface area contributed by atoms with Crippen LogP contribution in [0.25, 0.3) is 11.3 Å². The number of hydrogen-bond acceptors (Lipinski definition) is 6. The molecule has 160 valence electrons. The summed E-state index contributed by atoms with van der Waals surface area (Å²) in [5.41, 5.74) is 1.30. The van der Waals surface area contributed by atoms with E-state index in [2.05, 4.69) is 10.5 Å². The number of alkyl halides is 3. The number of para-hydroxylation sites is 2. The Balaban J connectivity index is 1.57. The lowest BCUT2D eigenvalue weighted by molar-refractivity contribution is -0.385. The molecule has 11 heteroatoms. The Morgan fingerprint density at radius 3 is 2.68 bits per heavy atom. The number of hydrazone groups is 1. The lowest BCUT2D eigenvalue weighted by Crippen LogP contribution is -2.24. The van der Waals surface area contributed by atoms with Gasteiger partial charge in [-0.05, 0) is 30.3 Å². The van der Waals surface area contributed by atoms with Gasteiger partial charge in [0.05, 0.1) is 16.7 Å². The van der Waals surface area contributed by atoms with Gasteiger partial charge in [-0.15, -0.1) is 0 Å². The van der Waals surface area contributed by atoms with Gasteiger partial charge in [0.25, 0.3) is 5.91 Å². The van der Waals surface area contributed by atoms with Crippen molar-refractivity contribution in [2.24, 2.45) is 5.10 Å². The maximum atomic E-state index is 12.8. The fraction of sp³-hybridized carbons (Fsp3) is 0.100. The van der Waals surface area contributed by atoms with Crippen molar-refractivity contribution in [2.45, 2.75) is 6.18 Å². The molecule has 0 saturated heterocycles. The minimum Gasteiger partial charge on any atom is -0.477 e. The molecule has 1 N–H and O–H groups in total. The molecule has 31 heavy (non-hydrogen) atoms. The number of nitrogens with one attached hydrogen (secondary N) is 1. The fourth-order valence-electron chi connectivity index (χ4n) is 2.50. The minimum atomic E-state index is -4.47. The number of halogens is 3. The van der Waals surface area contributed by atoms with E-state index in [0.717, 1.165) is 18.3 Å². The number of carbonyl (C=O) groups excluding carboxylic acids is 1. The third-order valence-electron chi connectivity index (χ3n) is 3.90. The second kappa shape index (κ2) is 9.11. The first-order chi connectivity index (χ1) is 14.7. The van der Waals surface area contributed by atoms with Gasteiger partial charge < -0.3 is 9.15 Å². The third-order valence-corrected chi connectivity index (χ3v) is 3.90. The van der Waals surface area contributed by atoms with Crippen molar-refractivity contribution in [1.29, 1.82) is 0 Å². The third kappa shape index (κ3) is 5.69. The number of rotatable bonds is 7. The number of ether oxygens (including phenoxy) is 1. The van der Waals surface area contributed by atoms with Crippen molar-refractivity contribution in [3.63, 3.8) is 0 Å². The van der Waals surface area contributed by atoms with E-state index in [1.165, 1.54) is 48.5 Å². The predicted octanol–water partition coefficient (Wildman–Crippen LogP) is 4.40. The van der Waals surface area contributed by atoms with Crippen LogP contribution in [0.5, 0.6) is 5.75 Å². The van der Waals surface area contributed by atoms with E-state index < -0.39 is 29.2 Å². The highest BCUT2D eigenvalue weighted by Gasteiger charge is 2.30. The molecule has 2 aromatic carbocycles. The quantitative estimate of drug-likeness (QED) is 0.338. The summed E-state index contributed by atoms with van der Waals surface area (Å²) in [7, 11) is 0. The molecule has 3 aromatic rings. The van der Waals surface area contributed by atoms with Gasteiger partial charge >= 0.3 is 11.9 Å². The molecule has 0 unspecified atom stereocenters. The van der Waals surface area contributed by atoms with Crippen molar-refractivity contribution < 1.29 is 32.0 Å². The van der Waals surface area contributed by atoms with Crippen LogP contribution < -0.4 is 10.2 Å². The number of nitro benzene ring substituents is 1. The molecule has 0 atom stereocenters. The van der Waals surface area contributed by atoms with Gasteiger partial charge in [-0.3, -0.25) is 14.9 Å². The standard InChI is InChI=1S/C20H14F3N3O5/c21-20(22,23)14-5-3-4-13(10-14)17-9-8-15(31-17)11-24-25-19(27)12-30-18-7-2-1-6-16(18)26(28)29/h1-11H,12H2,(H,25,27)/b24-11-. The van der Waals surface area contributed by atoms with Gasteiger partial charge in [-0.1, -0.05) is 24.3 Å². The Kier molecular flexibility index (Phi) is 6.34. The van der Waals surface area contributed by atoms with Crippen LogP contribution in [0.4, 0.5) is 18.9 Å². The Hall–Kier alpha value is -4.15. The first kappa shape index (κ1) is 21.6. The zero-order valence-electron chi connectivity index (χ0n) is 15.6. The monoisotopic (exact) mass is 433 g/mol. The van der Waals surface area contributed by atoms with Crippen LogP contribution >= 0.6 is 0 Å². The van der Waals surface area contributed by atoms with E-state index in [1.807, 2.05) is 0 Å². The Labute approximate surface area is 173 Å². The van der Waals surface area contributed by atoms with Crippen molar-refractivity contribution in [3.8, 4) is 17.1 Å². The van der Waals surface area contributed by atoms with Crippen molar-refractivity contribution in [3.05, 3.63) is 82.1 Å². The van der Waals surface area contributed by atoms with E-state index >= 15 is 0 Å². The Morgan fingerprint density at radius 1 is 1.16 bits per heavy atom. The molecule has 0 spiro atoms. The summed E-state index contributed by atoms with van der Waals surface area (Å²) in [6, 6.07) is 13.2. The molecule has 1 amide bonds. The summed E-state index contributed by atoms with van der Waals surface area (Å²) in [4.78, 5) is 22.1. The highest BCUT2D eigenvalue weighted by molar-refractivity contribution is 5.81. The molecule has 8 nitrogen and oxygen atoms in total. The number of carbonyl (C=O) groups is 1. The molecule has 0 aliphatic carbocycles. The van der Waals surface area contributed by atoms with Gasteiger partial charge in [0.1, 0.15) is 11.5 Å². The van der Waals surface area contributed by atoms with E-state index in [9.17, 15) is 28.1 Å².